The number of fused-ring (bicyclic) bond motifs is 1. The Morgan fingerprint density at radius 1 is 1.32 bits per heavy atom. The van der Waals surface area contributed by atoms with E-state index in [1.807, 2.05) is 13.8 Å². The number of aromatic hydroxyl groups is 1. The van der Waals surface area contributed by atoms with Gasteiger partial charge in [0.25, 0.3) is 0 Å². The zero-order chi connectivity index (χ0) is 28.4. The summed E-state index contributed by atoms with van der Waals surface area (Å²) in [5.74, 6) is -0.484. The van der Waals surface area contributed by atoms with Crippen LogP contribution in [0.3, 0.4) is 0 Å². The lowest BCUT2D eigenvalue weighted by Crippen LogP contribution is -2.57. The van der Waals surface area contributed by atoms with Gasteiger partial charge in [-0.05, 0) is 88.9 Å². The van der Waals surface area contributed by atoms with Crippen LogP contribution >= 0.6 is 0 Å². The van der Waals surface area contributed by atoms with Crippen LogP contribution in [0.1, 0.15) is 97.6 Å². The Morgan fingerprint density at radius 2 is 2.00 bits per heavy atom. The topological polar surface area (TPSA) is 97.0 Å². The van der Waals surface area contributed by atoms with E-state index >= 15 is 0 Å². The zero-order valence-electron chi connectivity index (χ0n) is 24.4. The first-order chi connectivity index (χ1) is 17.8. The van der Waals surface area contributed by atoms with Crippen LogP contribution in [0.4, 0.5) is 0 Å². The predicted molar refractivity (Wildman–Crippen MR) is 150 cm³/mol. The SMILES string of the molecule is C=C1CC[C@H]2[C@](C)(CCC=C(C)C)[C@@H](OC(=O)[C@H](O)[C@@H](C)CC)CC[C@]2(C)[C@H]1Cc1c(O)c(C)coc1=O. The molecular weight excluding hydrogens is 480 g/mol. The van der Waals surface area contributed by atoms with E-state index in [1.54, 1.807) is 6.92 Å². The maximum atomic E-state index is 13.0. The highest BCUT2D eigenvalue weighted by Gasteiger charge is 2.59. The standard InChI is InChI=1S/C32H48O6/c1-9-20(4)28(34)30(36)38-26-14-16-31(7)24(17-23-27(33)22(6)18-37-29(23)35)21(5)12-13-25(31)32(26,8)15-10-11-19(2)3/h11,18,20,24-26,28,33-34H,5,9-10,12-17H2,1-4,6-8H3/t20-,24-,25+,26-,28+,31+,32-/m0/s1. The van der Waals surface area contributed by atoms with Crippen molar-refractivity contribution in [2.45, 2.75) is 112 Å². The number of hydrogen-bond acceptors (Lipinski definition) is 6. The maximum Gasteiger partial charge on any atom is 0.342 e. The predicted octanol–water partition coefficient (Wildman–Crippen LogP) is 6.65. The third kappa shape index (κ3) is 5.80. The fourth-order valence-corrected chi connectivity index (χ4v) is 7.20. The van der Waals surface area contributed by atoms with Gasteiger partial charge in [0.15, 0.2) is 6.10 Å². The number of aryl methyl sites for hydroxylation is 1. The lowest BCUT2D eigenvalue weighted by atomic mass is 9.45. The summed E-state index contributed by atoms with van der Waals surface area (Å²) < 4.78 is 11.4. The van der Waals surface area contributed by atoms with Crippen LogP contribution in [-0.2, 0) is 16.0 Å². The highest BCUT2D eigenvalue weighted by Crippen LogP contribution is 2.63. The van der Waals surface area contributed by atoms with E-state index in [-0.39, 0.29) is 40.4 Å². The molecule has 0 radical (unpaired) electrons. The molecule has 2 aliphatic carbocycles. The minimum atomic E-state index is -1.13. The van der Waals surface area contributed by atoms with E-state index < -0.39 is 17.7 Å². The molecule has 38 heavy (non-hydrogen) atoms. The average molecular weight is 529 g/mol. The van der Waals surface area contributed by atoms with Gasteiger partial charge in [-0.15, -0.1) is 0 Å². The van der Waals surface area contributed by atoms with Crippen LogP contribution in [0.2, 0.25) is 0 Å². The Balaban J connectivity index is 1.99. The number of rotatable bonds is 9. The number of hydrogen-bond donors (Lipinski definition) is 2. The fraction of sp³-hybridized carbons (Fsp3) is 0.688. The van der Waals surface area contributed by atoms with E-state index in [9.17, 15) is 19.8 Å². The third-order valence-electron chi connectivity index (χ3n) is 9.89. The van der Waals surface area contributed by atoms with Crippen LogP contribution < -0.4 is 5.63 Å². The summed E-state index contributed by atoms with van der Waals surface area (Å²) >= 11 is 0. The number of carbonyl (C=O) groups excluding carboxylic acids is 1. The Labute approximate surface area is 228 Å². The zero-order valence-corrected chi connectivity index (χ0v) is 24.4. The highest BCUT2D eigenvalue weighted by molar-refractivity contribution is 5.75. The summed E-state index contributed by atoms with van der Waals surface area (Å²) in [4.78, 5) is 25.7. The van der Waals surface area contributed by atoms with Crippen molar-refractivity contribution in [3.8, 4) is 5.75 Å². The van der Waals surface area contributed by atoms with E-state index in [4.69, 9.17) is 9.15 Å². The van der Waals surface area contributed by atoms with Gasteiger partial charge in [0.2, 0.25) is 0 Å². The van der Waals surface area contributed by atoms with E-state index in [1.165, 1.54) is 11.8 Å². The summed E-state index contributed by atoms with van der Waals surface area (Å²) in [5.41, 5.74) is 2.19. The van der Waals surface area contributed by atoms with Crippen molar-refractivity contribution in [3.63, 3.8) is 0 Å². The molecule has 1 heterocycles. The van der Waals surface area contributed by atoms with Gasteiger partial charge in [0.1, 0.15) is 18.1 Å². The number of aliphatic hydroxyl groups excluding tert-OH is 1. The van der Waals surface area contributed by atoms with Gasteiger partial charge in [-0.25, -0.2) is 9.59 Å². The molecule has 0 aromatic carbocycles. The molecule has 2 N–H and O–H groups in total. The van der Waals surface area contributed by atoms with Crippen molar-refractivity contribution in [2.75, 3.05) is 0 Å². The van der Waals surface area contributed by atoms with Crippen LogP contribution in [-0.4, -0.2) is 28.4 Å². The molecule has 0 spiro atoms. The molecule has 1 aromatic rings. The fourth-order valence-electron chi connectivity index (χ4n) is 7.20. The minimum absolute atomic E-state index is 0.00717. The van der Waals surface area contributed by atoms with Gasteiger partial charge in [0, 0.05) is 11.0 Å². The Hall–Kier alpha value is -2.34. The molecule has 0 saturated heterocycles. The van der Waals surface area contributed by atoms with Crippen molar-refractivity contribution < 1.29 is 24.2 Å². The second-order valence-electron chi connectivity index (χ2n) is 12.7. The van der Waals surface area contributed by atoms with Gasteiger partial charge in [-0.3, -0.25) is 0 Å². The van der Waals surface area contributed by atoms with Gasteiger partial charge in [-0.1, -0.05) is 57.9 Å². The lowest BCUT2D eigenvalue weighted by Gasteiger charge is -2.61. The van der Waals surface area contributed by atoms with Crippen LogP contribution in [0.15, 0.2) is 39.3 Å². The highest BCUT2D eigenvalue weighted by atomic mass is 16.6. The second-order valence-corrected chi connectivity index (χ2v) is 12.7. The number of esters is 1. The number of ether oxygens (including phenoxy) is 1. The first-order valence-corrected chi connectivity index (χ1v) is 14.3. The summed E-state index contributed by atoms with van der Waals surface area (Å²) in [7, 11) is 0. The number of carbonyl (C=O) groups is 1. The molecule has 0 unspecified atom stereocenters. The van der Waals surface area contributed by atoms with Crippen LogP contribution in [0, 0.1) is 35.5 Å². The normalized spacial score (nSPS) is 30.7. The number of aliphatic hydroxyl groups is 1. The monoisotopic (exact) mass is 528 g/mol. The molecule has 212 valence electrons. The van der Waals surface area contributed by atoms with Crippen LogP contribution in [0.5, 0.6) is 5.75 Å². The summed E-state index contributed by atoms with van der Waals surface area (Å²) in [6.45, 7) is 18.7. The largest absolute Gasteiger partial charge is 0.507 e. The molecule has 0 aliphatic heterocycles. The van der Waals surface area contributed by atoms with Crippen LogP contribution in [0.25, 0.3) is 0 Å². The summed E-state index contributed by atoms with van der Waals surface area (Å²) in [6, 6.07) is 0. The molecular formula is C32H48O6. The smallest absolute Gasteiger partial charge is 0.342 e. The van der Waals surface area contributed by atoms with Gasteiger partial charge in [0.05, 0.1) is 5.56 Å². The molecule has 3 rings (SSSR count). The van der Waals surface area contributed by atoms with Gasteiger partial charge < -0.3 is 19.4 Å². The maximum absolute atomic E-state index is 13.0. The second kappa shape index (κ2) is 11.8. The Morgan fingerprint density at radius 3 is 2.63 bits per heavy atom. The first-order valence-electron chi connectivity index (χ1n) is 14.3. The van der Waals surface area contributed by atoms with Gasteiger partial charge in [-0.2, -0.15) is 0 Å². The van der Waals surface area contributed by atoms with Crippen molar-refractivity contribution in [1.82, 2.24) is 0 Å². The molecule has 2 saturated carbocycles. The molecule has 1 aromatic heterocycles. The van der Waals surface area contributed by atoms with E-state index in [0.29, 0.717) is 30.4 Å². The van der Waals surface area contributed by atoms with Crippen molar-refractivity contribution >= 4 is 5.97 Å². The quantitative estimate of drug-likeness (QED) is 0.275. The van der Waals surface area contributed by atoms with E-state index in [2.05, 4.69) is 40.3 Å². The van der Waals surface area contributed by atoms with E-state index in [0.717, 1.165) is 37.7 Å². The molecule has 0 bridgehead atoms. The molecule has 6 heteroatoms. The summed E-state index contributed by atoms with van der Waals surface area (Å²) in [6.07, 6.45) is 8.13. The molecule has 2 fully saturated rings. The van der Waals surface area contributed by atoms with Gasteiger partial charge >= 0.3 is 11.6 Å². The molecule has 0 amide bonds. The minimum Gasteiger partial charge on any atom is -0.507 e. The lowest BCUT2D eigenvalue weighted by molar-refractivity contribution is -0.190. The summed E-state index contributed by atoms with van der Waals surface area (Å²) in [5, 5.41) is 21.3. The van der Waals surface area contributed by atoms with Crippen molar-refractivity contribution in [2.24, 2.45) is 28.6 Å². The Bertz CT molecular complexity index is 1110. The molecule has 6 nitrogen and oxygen atoms in total. The Kier molecular flexibility index (Phi) is 9.39. The van der Waals surface area contributed by atoms with Crippen molar-refractivity contribution in [1.29, 1.82) is 0 Å². The third-order valence-corrected chi connectivity index (χ3v) is 9.89. The van der Waals surface area contributed by atoms with Crippen molar-refractivity contribution in [3.05, 3.63) is 51.6 Å². The number of allylic oxidation sites excluding steroid dienone is 3. The molecule has 2 aliphatic rings. The first kappa shape index (κ1) is 30.2. The average Bonchev–Trinajstić information content (AvgIpc) is 2.86. The molecule has 7 atom stereocenters.